The van der Waals surface area contributed by atoms with Gasteiger partial charge in [0.15, 0.2) is 0 Å². The first-order valence-electron chi connectivity index (χ1n) is 7.42. The molecule has 1 atom stereocenters. The number of rotatable bonds is 9. The predicted octanol–water partition coefficient (Wildman–Crippen LogP) is 4.14. The summed E-state index contributed by atoms with van der Waals surface area (Å²) in [6.07, 6.45) is 3.91. The van der Waals surface area contributed by atoms with Crippen LogP contribution in [0.5, 0.6) is 0 Å². The van der Waals surface area contributed by atoms with Gasteiger partial charge >= 0.3 is 0 Å². The van der Waals surface area contributed by atoms with Gasteiger partial charge in [-0.25, -0.2) is 0 Å². The fraction of sp³-hybridized carbons (Fsp3) is 0.647. The summed E-state index contributed by atoms with van der Waals surface area (Å²) in [5, 5.41) is 3.59. The summed E-state index contributed by atoms with van der Waals surface area (Å²) in [5.41, 5.74) is 2.58. The van der Waals surface area contributed by atoms with E-state index in [1.807, 2.05) is 0 Å². The van der Waals surface area contributed by atoms with Crippen molar-refractivity contribution in [1.82, 2.24) is 5.32 Å². The zero-order chi connectivity index (χ0) is 14.1. The van der Waals surface area contributed by atoms with E-state index < -0.39 is 0 Å². The summed E-state index contributed by atoms with van der Waals surface area (Å²) in [5.74, 6) is 0.820. The van der Waals surface area contributed by atoms with Gasteiger partial charge in [-0.3, -0.25) is 0 Å². The van der Waals surface area contributed by atoms with Crippen LogP contribution in [-0.2, 0) is 17.9 Å². The van der Waals surface area contributed by atoms with E-state index in [4.69, 9.17) is 4.74 Å². The Morgan fingerprint density at radius 2 is 1.63 bits per heavy atom. The molecule has 2 heteroatoms. The second-order valence-corrected chi connectivity index (χ2v) is 5.86. The van der Waals surface area contributed by atoms with E-state index in [2.05, 4.69) is 50.4 Å². The molecule has 0 aliphatic rings. The minimum absolute atomic E-state index is 0.595. The SMILES string of the molecule is COCc1ccc(CNC(C)CCCC(C)C)cc1. The van der Waals surface area contributed by atoms with Gasteiger partial charge in [-0.15, -0.1) is 0 Å². The van der Waals surface area contributed by atoms with Gasteiger partial charge in [0.2, 0.25) is 0 Å². The highest BCUT2D eigenvalue weighted by atomic mass is 16.5. The van der Waals surface area contributed by atoms with Gasteiger partial charge in [0, 0.05) is 19.7 Å². The Balaban J connectivity index is 2.23. The third-order valence-electron chi connectivity index (χ3n) is 3.41. The average molecular weight is 263 g/mol. The van der Waals surface area contributed by atoms with Gasteiger partial charge in [-0.2, -0.15) is 0 Å². The molecule has 0 saturated heterocycles. The van der Waals surface area contributed by atoms with E-state index >= 15 is 0 Å². The highest BCUT2D eigenvalue weighted by Gasteiger charge is 2.03. The molecule has 0 bridgehead atoms. The van der Waals surface area contributed by atoms with Crippen molar-refractivity contribution in [3.05, 3.63) is 35.4 Å². The van der Waals surface area contributed by atoms with E-state index in [9.17, 15) is 0 Å². The Kier molecular flexibility index (Phi) is 7.76. The van der Waals surface area contributed by atoms with E-state index in [0.29, 0.717) is 12.6 Å². The van der Waals surface area contributed by atoms with Crippen molar-refractivity contribution in [1.29, 1.82) is 0 Å². The molecule has 1 aromatic rings. The van der Waals surface area contributed by atoms with Crippen LogP contribution in [0.3, 0.4) is 0 Å². The van der Waals surface area contributed by atoms with Gasteiger partial charge in [-0.05, 0) is 30.4 Å². The third-order valence-corrected chi connectivity index (χ3v) is 3.41. The first-order valence-corrected chi connectivity index (χ1v) is 7.42. The second-order valence-electron chi connectivity index (χ2n) is 5.86. The van der Waals surface area contributed by atoms with Gasteiger partial charge in [-0.1, -0.05) is 51.0 Å². The minimum Gasteiger partial charge on any atom is -0.380 e. The number of methoxy groups -OCH3 is 1. The topological polar surface area (TPSA) is 21.3 Å². The molecule has 1 N–H and O–H groups in total. The van der Waals surface area contributed by atoms with Crippen molar-refractivity contribution in [2.24, 2.45) is 5.92 Å². The van der Waals surface area contributed by atoms with Crippen LogP contribution in [-0.4, -0.2) is 13.2 Å². The van der Waals surface area contributed by atoms with Crippen LogP contribution in [0.2, 0.25) is 0 Å². The fourth-order valence-electron chi connectivity index (χ4n) is 2.15. The molecule has 0 aromatic heterocycles. The number of hydrogen-bond donors (Lipinski definition) is 1. The smallest absolute Gasteiger partial charge is 0.0713 e. The van der Waals surface area contributed by atoms with Crippen molar-refractivity contribution < 1.29 is 4.74 Å². The minimum atomic E-state index is 0.595. The van der Waals surface area contributed by atoms with Crippen molar-refractivity contribution in [2.75, 3.05) is 7.11 Å². The summed E-state index contributed by atoms with van der Waals surface area (Å²) >= 11 is 0. The molecule has 1 rings (SSSR count). The zero-order valence-electron chi connectivity index (χ0n) is 12.9. The Hall–Kier alpha value is -0.860. The van der Waals surface area contributed by atoms with Crippen molar-refractivity contribution >= 4 is 0 Å². The second kappa shape index (κ2) is 9.11. The summed E-state index contributed by atoms with van der Waals surface area (Å²) < 4.78 is 5.11. The summed E-state index contributed by atoms with van der Waals surface area (Å²) in [6.45, 7) is 8.51. The highest BCUT2D eigenvalue weighted by Crippen LogP contribution is 2.09. The van der Waals surface area contributed by atoms with Crippen LogP contribution >= 0.6 is 0 Å². The van der Waals surface area contributed by atoms with Crippen molar-refractivity contribution in [3.8, 4) is 0 Å². The molecular formula is C17H29NO. The van der Waals surface area contributed by atoms with Crippen LogP contribution in [0.25, 0.3) is 0 Å². The normalized spacial score (nSPS) is 12.9. The molecule has 0 aliphatic carbocycles. The molecule has 0 aliphatic heterocycles. The lowest BCUT2D eigenvalue weighted by Crippen LogP contribution is -2.25. The molecule has 108 valence electrons. The Morgan fingerprint density at radius 3 is 2.21 bits per heavy atom. The Bertz CT molecular complexity index is 332. The largest absolute Gasteiger partial charge is 0.380 e. The Labute approximate surface area is 118 Å². The maximum absolute atomic E-state index is 5.11. The highest BCUT2D eigenvalue weighted by molar-refractivity contribution is 5.21. The molecule has 19 heavy (non-hydrogen) atoms. The van der Waals surface area contributed by atoms with Crippen LogP contribution in [0.15, 0.2) is 24.3 Å². The first-order chi connectivity index (χ1) is 9.11. The molecule has 2 nitrogen and oxygen atoms in total. The molecule has 0 fully saturated rings. The number of nitrogens with one attached hydrogen (secondary N) is 1. The maximum atomic E-state index is 5.11. The summed E-state index contributed by atoms with van der Waals surface area (Å²) in [6, 6.07) is 9.25. The maximum Gasteiger partial charge on any atom is 0.0713 e. The quantitative estimate of drug-likeness (QED) is 0.723. The van der Waals surface area contributed by atoms with Gasteiger partial charge in [0.05, 0.1) is 6.61 Å². The predicted molar refractivity (Wildman–Crippen MR) is 82.1 cm³/mol. The van der Waals surface area contributed by atoms with Crippen LogP contribution in [0.1, 0.15) is 51.2 Å². The standard InChI is InChI=1S/C17H29NO/c1-14(2)6-5-7-15(3)18-12-16-8-10-17(11-9-16)13-19-4/h8-11,14-15,18H,5-7,12-13H2,1-4H3. The van der Waals surface area contributed by atoms with Crippen molar-refractivity contribution in [2.45, 2.75) is 59.2 Å². The van der Waals surface area contributed by atoms with E-state index in [-0.39, 0.29) is 0 Å². The summed E-state index contributed by atoms with van der Waals surface area (Å²) in [7, 11) is 1.73. The average Bonchev–Trinajstić information content (AvgIpc) is 2.38. The Morgan fingerprint density at radius 1 is 1.00 bits per heavy atom. The lowest BCUT2D eigenvalue weighted by Gasteiger charge is -2.14. The molecule has 0 spiro atoms. The molecule has 1 unspecified atom stereocenters. The third kappa shape index (κ3) is 7.34. The van der Waals surface area contributed by atoms with E-state index in [1.54, 1.807) is 7.11 Å². The molecule has 0 radical (unpaired) electrons. The molecule has 0 saturated carbocycles. The monoisotopic (exact) mass is 263 g/mol. The molecule has 0 amide bonds. The number of hydrogen-bond acceptors (Lipinski definition) is 2. The van der Waals surface area contributed by atoms with Crippen LogP contribution in [0.4, 0.5) is 0 Å². The number of ether oxygens (including phenoxy) is 1. The molecule has 1 aromatic carbocycles. The van der Waals surface area contributed by atoms with Crippen LogP contribution in [0, 0.1) is 5.92 Å². The van der Waals surface area contributed by atoms with Gasteiger partial charge in [0.1, 0.15) is 0 Å². The fourth-order valence-corrected chi connectivity index (χ4v) is 2.15. The zero-order valence-corrected chi connectivity index (χ0v) is 12.9. The summed E-state index contributed by atoms with van der Waals surface area (Å²) in [4.78, 5) is 0. The van der Waals surface area contributed by atoms with Crippen LogP contribution < -0.4 is 5.32 Å². The first kappa shape index (κ1) is 16.2. The van der Waals surface area contributed by atoms with E-state index in [1.165, 1.54) is 30.4 Å². The van der Waals surface area contributed by atoms with Crippen molar-refractivity contribution in [3.63, 3.8) is 0 Å². The lowest BCUT2D eigenvalue weighted by atomic mass is 10.0. The van der Waals surface area contributed by atoms with Gasteiger partial charge < -0.3 is 10.1 Å². The van der Waals surface area contributed by atoms with E-state index in [0.717, 1.165) is 12.5 Å². The molecule has 0 heterocycles. The molecular weight excluding hydrogens is 234 g/mol. The van der Waals surface area contributed by atoms with Gasteiger partial charge in [0.25, 0.3) is 0 Å². The number of benzene rings is 1. The lowest BCUT2D eigenvalue weighted by molar-refractivity contribution is 0.185.